The van der Waals surface area contributed by atoms with E-state index in [1.165, 1.54) is 17.6 Å². The largest absolute Gasteiger partial charge is 0.459 e. The predicted octanol–water partition coefficient (Wildman–Crippen LogP) is 4.75. The Morgan fingerprint density at radius 3 is 2.19 bits per heavy atom. The fourth-order valence-electron chi connectivity index (χ4n) is 2.80. The van der Waals surface area contributed by atoms with Gasteiger partial charge in [0.2, 0.25) is 0 Å². The van der Waals surface area contributed by atoms with E-state index in [9.17, 15) is 4.79 Å². The van der Waals surface area contributed by atoms with Crippen LogP contribution in [0, 0.1) is 0 Å². The van der Waals surface area contributed by atoms with Gasteiger partial charge in [0.25, 0.3) is 0 Å². The van der Waals surface area contributed by atoms with Crippen LogP contribution in [0.5, 0.6) is 0 Å². The topological polar surface area (TPSA) is 47.5 Å². The van der Waals surface area contributed by atoms with Gasteiger partial charge in [0, 0.05) is 7.05 Å². The second-order valence-electron chi connectivity index (χ2n) is 5.75. The van der Waals surface area contributed by atoms with E-state index in [4.69, 9.17) is 4.42 Å². The third kappa shape index (κ3) is 3.05. The van der Waals surface area contributed by atoms with Crippen LogP contribution >= 0.6 is 11.3 Å². The Labute approximate surface area is 154 Å². The smallest absolute Gasteiger partial charge is 0.315 e. The number of benzene rings is 2. The highest BCUT2D eigenvalue weighted by molar-refractivity contribution is 7.13. The first-order chi connectivity index (χ1) is 12.7. The molecule has 0 saturated carbocycles. The van der Waals surface area contributed by atoms with Crippen molar-refractivity contribution in [1.29, 1.82) is 0 Å². The molecule has 0 bridgehead atoms. The maximum atomic E-state index is 12.4. The van der Waals surface area contributed by atoms with Crippen LogP contribution in [0.1, 0.15) is 10.6 Å². The number of amides is 1. The molecule has 0 aliphatic heterocycles. The number of nitrogens with zero attached hydrogens (tertiary/aromatic N) is 2. The summed E-state index contributed by atoms with van der Waals surface area (Å²) in [5.41, 5.74) is 3.21. The van der Waals surface area contributed by atoms with E-state index < -0.39 is 0 Å². The summed E-state index contributed by atoms with van der Waals surface area (Å²) in [5.74, 6) is -0.146. The van der Waals surface area contributed by atoms with Gasteiger partial charge in [-0.15, -0.1) is 0 Å². The lowest BCUT2D eigenvalue weighted by atomic mass is 10.1. The molecule has 0 aliphatic rings. The van der Waals surface area contributed by atoms with Crippen molar-refractivity contribution in [2.75, 3.05) is 0 Å². The monoisotopic (exact) mass is 360 g/mol. The Morgan fingerprint density at radius 2 is 1.58 bits per heavy atom. The fraction of sp³-hybridized carbons (Fsp3) is 0.0476. The van der Waals surface area contributed by atoms with Gasteiger partial charge in [0.05, 0.1) is 16.8 Å². The van der Waals surface area contributed by atoms with Gasteiger partial charge in [-0.25, -0.2) is 0 Å². The van der Waals surface area contributed by atoms with Crippen LogP contribution in [0.4, 0.5) is 0 Å². The minimum absolute atomic E-state index is 0.237. The van der Waals surface area contributed by atoms with Crippen molar-refractivity contribution in [2.45, 2.75) is 0 Å². The van der Waals surface area contributed by atoms with Crippen molar-refractivity contribution in [3.8, 4) is 21.7 Å². The summed E-state index contributed by atoms with van der Waals surface area (Å²) >= 11 is 1.49. The number of carbonyl (C=O) groups excluding carboxylic acids is 1. The molecular formula is C21H16N2O2S. The molecule has 26 heavy (non-hydrogen) atoms. The first-order valence-corrected chi connectivity index (χ1v) is 8.99. The Bertz CT molecular complexity index is 1090. The van der Waals surface area contributed by atoms with Gasteiger partial charge in [-0.3, -0.25) is 4.79 Å². The fourth-order valence-corrected chi connectivity index (χ4v) is 3.95. The van der Waals surface area contributed by atoms with E-state index >= 15 is 0 Å². The molecule has 4 aromatic rings. The maximum absolute atomic E-state index is 12.4. The summed E-state index contributed by atoms with van der Waals surface area (Å²) in [7, 11) is 1.93. The van der Waals surface area contributed by atoms with Crippen molar-refractivity contribution >= 4 is 17.2 Å². The number of aromatic nitrogens is 1. The summed E-state index contributed by atoms with van der Waals surface area (Å²) in [4.78, 5) is 18.3. The summed E-state index contributed by atoms with van der Waals surface area (Å²) < 4.78 is 7.13. The number of carbonyl (C=O) groups is 1. The zero-order chi connectivity index (χ0) is 17.9. The number of rotatable bonds is 3. The quantitative estimate of drug-likeness (QED) is 0.529. The first-order valence-electron chi connectivity index (χ1n) is 8.17. The second-order valence-corrected chi connectivity index (χ2v) is 6.73. The third-order valence-corrected chi connectivity index (χ3v) is 5.22. The van der Waals surface area contributed by atoms with Crippen molar-refractivity contribution in [3.05, 3.63) is 89.6 Å². The van der Waals surface area contributed by atoms with E-state index in [1.54, 1.807) is 12.1 Å². The van der Waals surface area contributed by atoms with Gasteiger partial charge < -0.3 is 8.98 Å². The molecular weight excluding hydrogens is 344 g/mol. The van der Waals surface area contributed by atoms with Gasteiger partial charge >= 0.3 is 5.91 Å². The van der Waals surface area contributed by atoms with Gasteiger partial charge in [-0.2, -0.15) is 4.99 Å². The van der Waals surface area contributed by atoms with E-state index in [0.717, 1.165) is 21.7 Å². The van der Waals surface area contributed by atoms with E-state index in [0.29, 0.717) is 4.80 Å². The lowest BCUT2D eigenvalue weighted by molar-refractivity contribution is 0.0971. The molecule has 0 aliphatic carbocycles. The highest BCUT2D eigenvalue weighted by Crippen LogP contribution is 2.34. The number of thiazole rings is 1. The molecule has 0 unspecified atom stereocenters. The summed E-state index contributed by atoms with van der Waals surface area (Å²) in [5, 5.41) is 0. The zero-order valence-electron chi connectivity index (χ0n) is 14.1. The lowest BCUT2D eigenvalue weighted by Gasteiger charge is -2.07. The van der Waals surface area contributed by atoms with Gasteiger partial charge in [0.1, 0.15) is 0 Å². The molecule has 4 nitrogen and oxygen atoms in total. The Balaban J connectivity index is 1.93. The molecule has 1 amide bonds. The number of furan rings is 1. The van der Waals surface area contributed by atoms with E-state index in [1.807, 2.05) is 48.0 Å². The summed E-state index contributed by atoms with van der Waals surface area (Å²) in [6.45, 7) is 0. The third-order valence-electron chi connectivity index (χ3n) is 4.04. The second kappa shape index (κ2) is 6.98. The van der Waals surface area contributed by atoms with Crippen molar-refractivity contribution in [3.63, 3.8) is 0 Å². The Kier molecular flexibility index (Phi) is 4.37. The van der Waals surface area contributed by atoms with Crippen LogP contribution in [0.2, 0.25) is 0 Å². The van der Waals surface area contributed by atoms with Crippen LogP contribution in [0.3, 0.4) is 0 Å². The molecule has 5 heteroatoms. The average Bonchev–Trinajstić information content (AvgIpc) is 3.32. The number of hydrogen-bond donors (Lipinski definition) is 0. The lowest BCUT2D eigenvalue weighted by Crippen LogP contribution is -2.14. The molecule has 2 aromatic heterocycles. The molecule has 0 spiro atoms. The average molecular weight is 360 g/mol. The van der Waals surface area contributed by atoms with Crippen LogP contribution in [0.15, 0.2) is 88.5 Å². The molecule has 0 N–H and O–H groups in total. The van der Waals surface area contributed by atoms with Crippen molar-refractivity contribution in [2.24, 2.45) is 12.0 Å². The molecule has 0 radical (unpaired) electrons. The van der Waals surface area contributed by atoms with E-state index in [-0.39, 0.29) is 11.7 Å². The van der Waals surface area contributed by atoms with Crippen LogP contribution in [0.25, 0.3) is 21.7 Å². The standard InChI is InChI=1S/C21H16N2O2S/c1-23-18(15-9-4-2-5-10-15)19(16-11-6-3-7-12-16)26-21(23)22-20(24)17-13-8-14-25-17/h2-14H,1H3. The normalized spacial score (nSPS) is 11.7. The molecule has 128 valence electrons. The predicted molar refractivity (Wildman–Crippen MR) is 103 cm³/mol. The number of hydrogen-bond acceptors (Lipinski definition) is 3. The molecule has 2 heterocycles. The summed E-state index contributed by atoms with van der Waals surface area (Å²) in [6, 6.07) is 23.6. The highest BCUT2D eigenvalue weighted by Gasteiger charge is 2.16. The molecule has 0 saturated heterocycles. The molecule has 4 rings (SSSR count). The first kappa shape index (κ1) is 16.3. The SMILES string of the molecule is Cn1c(-c2ccccc2)c(-c2ccccc2)sc1=NC(=O)c1ccco1. The molecule has 0 fully saturated rings. The maximum Gasteiger partial charge on any atom is 0.315 e. The van der Waals surface area contributed by atoms with Gasteiger partial charge in [-0.05, 0) is 23.3 Å². The Morgan fingerprint density at radius 1 is 0.923 bits per heavy atom. The van der Waals surface area contributed by atoms with E-state index in [2.05, 4.69) is 29.3 Å². The Hall–Kier alpha value is -3.18. The minimum atomic E-state index is -0.383. The van der Waals surface area contributed by atoms with Crippen molar-refractivity contribution in [1.82, 2.24) is 4.57 Å². The van der Waals surface area contributed by atoms with Gasteiger partial charge in [0.15, 0.2) is 10.6 Å². The minimum Gasteiger partial charge on any atom is -0.459 e. The van der Waals surface area contributed by atoms with Gasteiger partial charge in [-0.1, -0.05) is 72.0 Å². The molecule has 0 atom stereocenters. The van der Waals surface area contributed by atoms with Crippen LogP contribution in [-0.2, 0) is 7.05 Å². The van der Waals surface area contributed by atoms with Crippen LogP contribution < -0.4 is 4.80 Å². The van der Waals surface area contributed by atoms with Crippen molar-refractivity contribution < 1.29 is 9.21 Å². The highest BCUT2D eigenvalue weighted by atomic mass is 32.1. The molecule has 2 aromatic carbocycles. The zero-order valence-corrected chi connectivity index (χ0v) is 14.9. The van der Waals surface area contributed by atoms with Crippen LogP contribution in [-0.4, -0.2) is 10.5 Å². The summed E-state index contributed by atoms with van der Waals surface area (Å²) in [6.07, 6.45) is 1.47.